The molecule has 0 spiro atoms. The van der Waals surface area contributed by atoms with Crippen molar-refractivity contribution in [2.45, 2.75) is 78.2 Å². The number of benzene rings is 1. The molecular weight excluding hydrogens is 565 g/mol. The predicted molar refractivity (Wildman–Crippen MR) is 165 cm³/mol. The number of anilines is 2. The van der Waals surface area contributed by atoms with Gasteiger partial charge in [-0.2, -0.15) is 0 Å². The minimum absolute atomic E-state index is 0.103. The quantitative estimate of drug-likeness (QED) is 0.324. The maximum absolute atomic E-state index is 14.8. The van der Waals surface area contributed by atoms with E-state index < -0.39 is 41.7 Å². The molecule has 4 N–H and O–H groups in total. The highest BCUT2D eigenvalue weighted by Crippen LogP contribution is 2.42. The number of pyridine rings is 2. The summed E-state index contributed by atoms with van der Waals surface area (Å²) in [6, 6.07) is 7.47. The zero-order valence-corrected chi connectivity index (χ0v) is 25.9. The average Bonchev–Trinajstić information content (AvgIpc) is 3.31. The lowest BCUT2D eigenvalue weighted by Crippen LogP contribution is -2.59. The number of nitrogens with zero attached hydrogens (tertiary/aromatic N) is 3. The molecule has 5 rings (SSSR count). The minimum Gasteiger partial charge on any atom is -0.444 e. The molecule has 2 amide bonds. The van der Waals surface area contributed by atoms with Gasteiger partial charge in [-0.1, -0.05) is 25.1 Å². The molecule has 0 bridgehead atoms. The third-order valence-electron chi connectivity index (χ3n) is 8.14. The maximum atomic E-state index is 14.8. The number of nitrogens with one attached hydrogen (secondary N) is 2. The molecule has 2 aliphatic rings. The van der Waals surface area contributed by atoms with E-state index in [1.54, 1.807) is 52.0 Å². The maximum Gasteiger partial charge on any atom is 0.408 e. The Labute approximate surface area is 256 Å². The summed E-state index contributed by atoms with van der Waals surface area (Å²) in [6.45, 7) is 11.5. The fraction of sp³-hybridized carbons (Fsp3) is 0.455. The Balaban J connectivity index is 1.48. The largest absolute Gasteiger partial charge is 0.444 e. The van der Waals surface area contributed by atoms with Gasteiger partial charge >= 0.3 is 6.09 Å². The Bertz CT molecular complexity index is 1570. The SMILES string of the molecule is Cc1ccc(C(=O)Nc2cnc3c(c2N2C[C@H](C)[C@@H](O)[C@H](NC(=O)OC(C)(C)C)C2)CCC3O)nc1-c1c(C)cccc1F. The lowest BCUT2D eigenvalue weighted by atomic mass is 9.91. The molecule has 1 fully saturated rings. The van der Waals surface area contributed by atoms with Crippen LogP contribution in [0.25, 0.3) is 11.3 Å². The Morgan fingerprint density at radius 3 is 2.55 bits per heavy atom. The topological polar surface area (TPSA) is 137 Å². The van der Waals surface area contributed by atoms with Crippen LogP contribution in [0.15, 0.2) is 36.5 Å². The van der Waals surface area contributed by atoms with Crippen LogP contribution < -0.4 is 15.5 Å². The molecule has 3 aromatic rings. The number of rotatable bonds is 5. The molecule has 10 nitrogen and oxygen atoms in total. The number of aliphatic hydroxyl groups excluding tert-OH is 2. The first-order chi connectivity index (χ1) is 20.7. The van der Waals surface area contributed by atoms with Crippen LogP contribution in [0.1, 0.15) is 73.1 Å². The zero-order valence-electron chi connectivity index (χ0n) is 25.9. The minimum atomic E-state index is -0.825. The number of hydrogen-bond acceptors (Lipinski definition) is 8. The monoisotopic (exact) mass is 605 g/mol. The van der Waals surface area contributed by atoms with Crippen molar-refractivity contribution in [1.82, 2.24) is 15.3 Å². The van der Waals surface area contributed by atoms with Gasteiger partial charge in [0.2, 0.25) is 0 Å². The fourth-order valence-corrected chi connectivity index (χ4v) is 6.03. The van der Waals surface area contributed by atoms with Gasteiger partial charge in [-0.3, -0.25) is 9.78 Å². The van der Waals surface area contributed by atoms with E-state index in [1.807, 2.05) is 18.7 Å². The first-order valence-corrected chi connectivity index (χ1v) is 14.9. The van der Waals surface area contributed by atoms with Gasteiger partial charge in [0.25, 0.3) is 5.91 Å². The highest BCUT2D eigenvalue weighted by atomic mass is 19.1. The third-order valence-corrected chi connectivity index (χ3v) is 8.14. The van der Waals surface area contributed by atoms with Gasteiger partial charge in [0.05, 0.1) is 47.2 Å². The van der Waals surface area contributed by atoms with Crippen LogP contribution in [0.2, 0.25) is 0 Å². The van der Waals surface area contributed by atoms with Crippen LogP contribution in [-0.4, -0.2) is 63.0 Å². The molecule has 11 heteroatoms. The van der Waals surface area contributed by atoms with E-state index in [2.05, 4.69) is 20.6 Å². The van der Waals surface area contributed by atoms with E-state index in [4.69, 9.17) is 4.74 Å². The van der Waals surface area contributed by atoms with Crippen LogP contribution in [0.3, 0.4) is 0 Å². The lowest BCUT2D eigenvalue weighted by Gasteiger charge is -2.42. The van der Waals surface area contributed by atoms with Crippen LogP contribution in [0, 0.1) is 25.6 Å². The van der Waals surface area contributed by atoms with E-state index in [0.717, 1.165) is 11.1 Å². The standard InChI is InChI=1S/C33H40FN5O5/c1-17-8-7-9-21(34)26(17)27-18(2)10-12-22(36-27)31(42)37-23-14-35-28-20(11-13-25(28)40)29(23)39-15-19(3)30(41)24(16-39)38-32(43)44-33(4,5)6/h7-10,12,14,19,24-25,30,40-41H,11,13,15-16H2,1-6H3,(H,37,42)(H,38,43)/t19-,24+,25?,30+/m0/s1. The molecule has 44 heavy (non-hydrogen) atoms. The molecule has 234 valence electrons. The summed E-state index contributed by atoms with van der Waals surface area (Å²) in [5.41, 5.74) is 3.99. The number of aliphatic hydroxyl groups is 2. The summed E-state index contributed by atoms with van der Waals surface area (Å²) in [7, 11) is 0. The van der Waals surface area contributed by atoms with Crippen molar-refractivity contribution in [2.24, 2.45) is 5.92 Å². The van der Waals surface area contributed by atoms with Crippen molar-refractivity contribution < 1.29 is 28.9 Å². The second-order valence-corrected chi connectivity index (χ2v) is 12.8. The number of hydrogen-bond donors (Lipinski definition) is 4. The van der Waals surface area contributed by atoms with E-state index in [-0.39, 0.29) is 18.2 Å². The molecule has 1 aromatic carbocycles. The van der Waals surface area contributed by atoms with Crippen molar-refractivity contribution >= 4 is 23.4 Å². The van der Waals surface area contributed by atoms with Gasteiger partial charge in [0, 0.05) is 30.1 Å². The Kier molecular flexibility index (Phi) is 8.64. The van der Waals surface area contributed by atoms with Crippen molar-refractivity contribution in [3.63, 3.8) is 0 Å². The highest BCUT2D eigenvalue weighted by molar-refractivity contribution is 6.05. The number of fused-ring (bicyclic) bond motifs is 1. The van der Waals surface area contributed by atoms with Crippen molar-refractivity contribution in [3.05, 3.63) is 70.4 Å². The Morgan fingerprint density at radius 2 is 1.84 bits per heavy atom. The number of amides is 2. The van der Waals surface area contributed by atoms with Crippen molar-refractivity contribution in [2.75, 3.05) is 23.3 Å². The Morgan fingerprint density at radius 1 is 1.09 bits per heavy atom. The normalized spacial score (nSPS) is 21.5. The number of piperidine rings is 1. The van der Waals surface area contributed by atoms with Crippen LogP contribution in [0.4, 0.5) is 20.6 Å². The predicted octanol–water partition coefficient (Wildman–Crippen LogP) is 4.84. The summed E-state index contributed by atoms with van der Waals surface area (Å²) in [4.78, 5) is 37.3. The molecule has 0 saturated carbocycles. The summed E-state index contributed by atoms with van der Waals surface area (Å²) < 4.78 is 20.3. The zero-order chi connectivity index (χ0) is 31.9. The summed E-state index contributed by atoms with van der Waals surface area (Å²) in [5, 5.41) is 27.4. The Hall–Kier alpha value is -4.09. The van der Waals surface area contributed by atoms with Gasteiger partial charge in [0.15, 0.2) is 0 Å². The van der Waals surface area contributed by atoms with Gasteiger partial charge in [-0.25, -0.2) is 14.2 Å². The molecule has 0 radical (unpaired) electrons. The number of halogens is 1. The molecule has 1 saturated heterocycles. The lowest BCUT2D eigenvalue weighted by molar-refractivity contribution is 0.0303. The molecule has 2 aromatic heterocycles. The summed E-state index contributed by atoms with van der Waals surface area (Å²) in [6.07, 6.45) is 0.355. The van der Waals surface area contributed by atoms with Gasteiger partial charge in [-0.15, -0.1) is 0 Å². The highest BCUT2D eigenvalue weighted by Gasteiger charge is 2.38. The first-order valence-electron chi connectivity index (χ1n) is 14.9. The number of carbonyl (C=O) groups is 2. The number of aromatic nitrogens is 2. The fourth-order valence-electron chi connectivity index (χ4n) is 6.03. The number of alkyl carbamates (subject to hydrolysis) is 1. The summed E-state index contributed by atoms with van der Waals surface area (Å²) >= 11 is 0. The molecular formula is C33H40FN5O5. The van der Waals surface area contributed by atoms with Crippen LogP contribution in [-0.2, 0) is 11.2 Å². The van der Waals surface area contributed by atoms with E-state index >= 15 is 0 Å². The number of aryl methyl sites for hydroxylation is 2. The number of ether oxygens (including phenoxy) is 1. The molecule has 1 aliphatic heterocycles. The van der Waals surface area contributed by atoms with E-state index in [1.165, 1.54) is 12.3 Å². The van der Waals surface area contributed by atoms with Gasteiger partial charge in [-0.05, 0) is 70.7 Å². The molecule has 3 heterocycles. The van der Waals surface area contributed by atoms with E-state index in [0.29, 0.717) is 53.3 Å². The smallest absolute Gasteiger partial charge is 0.408 e. The van der Waals surface area contributed by atoms with Crippen molar-refractivity contribution in [1.29, 1.82) is 0 Å². The number of carbonyl (C=O) groups excluding carboxylic acids is 2. The van der Waals surface area contributed by atoms with Crippen molar-refractivity contribution in [3.8, 4) is 11.3 Å². The average molecular weight is 606 g/mol. The molecule has 1 aliphatic carbocycles. The van der Waals surface area contributed by atoms with Gasteiger partial charge < -0.3 is 30.5 Å². The third kappa shape index (κ3) is 6.39. The van der Waals surface area contributed by atoms with Crippen LogP contribution >= 0.6 is 0 Å². The van der Waals surface area contributed by atoms with Gasteiger partial charge in [0.1, 0.15) is 17.1 Å². The first kappa shape index (κ1) is 31.3. The second-order valence-electron chi connectivity index (χ2n) is 12.8. The molecule has 4 atom stereocenters. The molecule has 1 unspecified atom stereocenters. The summed E-state index contributed by atoms with van der Waals surface area (Å²) in [5.74, 6) is -1.17. The van der Waals surface area contributed by atoms with Crippen LogP contribution in [0.5, 0.6) is 0 Å². The second kappa shape index (κ2) is 12.1. The van der Waals surface area contributed by atoms with E-state index in [9.17, 15) is 24.2 Å².